The van der Waals surface area contributed by atoms with Crippen LogP contribution in [0.5, 0.6) is 5.75 Å². The average molecular weight is 256 g/mol. The number of halogens is 6. The standard InChI is InChI=1S/C10H6F6O/c1-2-5-3-4-6(17)8(10(14,15)16)7(5)9(11,12)13/h2-4,17H,1H2. The van der Waals surface area contributed by atoms with Crippen LogP contribution in [0.1, 0.15) is 16.7 Å². The number of rotatable bonds is 1. The molecule has 7 heteroatoms. The smallest absolute Gasteiger partial charge is 0.420 e. The van der Waals surface area contributed by atoms with E-state index in [0.717, 1.165) is 6.07 Å². The zero-order valence-corrected chi connectivity index (χ0v) is 8.15. The lowest BCUT2D eigenvalue weighted by molar-refractivity contribution is -0.163. The summed E-state index contributed by atoms with van der Waals surface area (Å²) in [5.74, 6) is -1.46. The van der Waals surface area contributed by atoms with Gasteiger partial charge in [0.25, 0.3) is 0 Å². The Kier molecular flexibility index (Phi) is 3.13. The van der Waals surface area contributed by atoms with Crippen molar-refractivity contribution in [2.24, 2.45) is 0 Å². The lowest BCUT2D eigenvalue weighted by Gasteiger charge is -2.18. The van der Waals surface area contributed by atoms with E-state index in [4.69, 9.17) is 5.11 Å². The minimum Gasteiger partial charge on any atom is -0.507 e. The Morgan fingerprint density at radius 2 is 1.41 bits per heavy atom. The van der Waals surface area contributed by atoms with Gasteiger partial charge in [0.05, 0.1) is 5.56 Å². The summed E-state index contributed by atoms with van der Waals surface area (Å²) in [7, 11) is 0. The Balaban J connectivity index is 3.73. The van der Waals surface area contributed by atoms with Crippen molar-refractivity contribution in [3.63, 3.8) is 0 Å². The maximum absolute atomic E-state index is 12.5. The Hall–Kier alpha value is -1.66. The second-order valence-electron chi connectivity index (χ2n) is 3.12. The van der Waals surface area contributed by atoms with Crippen LogP contribution in [0.15, 0.2) is 18.7 Å². The molecule has 1 aromatic carbocycles. The highest BCUT2D eigenvalue weighted by Crippen LogP contribution is 2.46. The summed E-state index contributed by atoms with van der Waals surface area (Å²) in [4.78, 5) is 0. The Morgan fingerprint density at radius 1 is 0.941 bits per heavy atom. The molecule has 1 rings (SSSR count). The van der Waals surface area contributed by atoms with E-state index >= 15 is 0 Å². The Bertz CT molecular complexity index is 443. The number of hydrogen-bond donors (Lipinski definition) is 1. The van der Waals surface area contributed by atoms with E-state index in [0.29, 0.717) is 12.1 Å². The van der Waals surface area contributed by atoms with Crippen molar-refractivity contribution in [2.45, 2.75) is 12.4 Å². The highest BCUT2D eigenvalue weighted by Gasteiger charge is 2.46. The Morgan fingerprint density at radius 3 is 1.76 bits per heavy atom. The van der Waals surface area contributed by atoms with Gasteiger partial charge in [-0.1, -0.05) is 18.7 Å². The molecule has 0 radical (unpaired) electrons. The molecule has 0 aliphatic carbocycles. The molecule has 0 aliphatic heterocycles. The average Bonchev–Trinajstić information content (AvgIpc) is 2.13. The zero-order chi connectivity index (χ0) is 13.4. The summed E-state index contributed by atoms with van der Waals surface area (Å²) >= 11 is 0. The molecule has 0 unspecified atom stereocenters. The van der Waals surface area contributed by atoms with Crippen LogP contribution in [-0.2, 0) is 12.4 Å². The van der Waals surface area contributed by atoms with Crippen molar-refractivity contribution >= 4 is 6.08 Å². The predicted molar refractivity (Wildman–Crippen MR) is 48.2 cm³/mol. The van der Waals surface area contributed by atoms with Crippen LogP contribution in [0.4, 0.5) is 26.3 Å². The van der Waals surface area contributed by atoms with E-state index in [-0.39, 0.29) is 0 Å². The third-order valence-corrected chi connectivity index (χ3v) is 2.00. The second kappa shape index (κ2) is 3.97. The highest BCUT2D eigenvalue weighted by atomic mass is 19.4. The lowest BCUT2D eigenvalue weighted by atomic mass is 9.99. The summed E-state index contributed by atoms with van der Waals surface area (Å²) in [5.41, 5.74) is -4.76. The van der Waals surface area contributed by atoms with Crippen molar-refractivity contribution < 1.29 is 31.4 Å². The van der Waals surface area contributed by atoms with Crippen molar-refractivity contribution in [1.82, 2.24) is 0 Å². The SMILES string of the molecule is C=Cc1ccc(O)c(C(F)(F)F)c1C(F)(F)F. The summed E-state index contributed by atoms with van der Waals surface area (Å²) in [6.07, 6.45) is -9.88. The number of aromatic hydroxyl groups is 1. The largest absolute Gasteiger partial charge is 0.507 e. The van der Waals surface area contributed by atoms with Gasteiger partial charge in [-0.05, 0) is 11.6 Å². The van der Waals surface area contributed by atoms with E-state index in [1.54, 1.807) is 0 Å². The minimum atomic E-state index is -5.30. The van der Waals surface area contributed by atoms with Gasteiger partial charge in [-0.2, -0.15) is 26.3 Å². The molecule has 1 nitrogen and oxygen atoms in total. The van der Waals surface area contributed by atoms with Gasteiger partial charge in [0.15, 0.2) is 0 Å². The monoisotopic (exact) mass is 256 g/mol. The molecule has 1 aromatic rings. The number of alkyl halides is 6. The van der Waals surface area contributed by atoms with Gasteiger partial charge in [0, 0.05) is 0 Å². The molecule has 94 valence electrons. The van der Waals surface area contributed by atoms with E-state index in [1.807, 2.05) is 0 Å². The van der Waals surface area contributed by atoms with Gasteiger partial charge in [0.2, 0.25) is 0 Å². The van der Waals surface area contributed by atoms with Crippen LogP contribution in [0.25, 0.3) is 6.08 Å². The van der Waals surface area contributed by atoms with Crippen LogP contribution in [0.2, 0.25) is 0 Å². The van der Waals surface area contributed by atoms with E-state index in [9.17, 15) is 26.3 Å². The van der Waals surface area contributed by atoms with E-state index in [1.165, 1.54) is 0 Å². The molecule has 0 heterocycles. The quantitative estimate of drug-likeness (QED) is 0.751. The molecule has 0 saturated heterocycles. The third kappa shape index (κ3) is 2.54. The lowest BCUT2D eigenvalue weighted by Crippen LogP contribution is -2.18. The molecule has 0 spiro atoms. The number of phenols is 1. The molecule has 1 N–H and O–H groups in total. The van der Waals surface area contributed by atoms with Crippen LogP contribution in [-0.4, -0.2) is 5.11 Å². The van der Waals surface area contributed by atoms with Crippen LogP contribution in [0, 0.1) is 0 Å². The molecule has 0 fully saturated rings. The first kappa shape index (κ1) is 13.4. The van der Waals surface area contributed by atoms with Gasteiger partial charge in [-0.15, -0.1) is 0 Å². The van der Waals surface area contributed by atoms with Crippen molar-refractivity contribution in [3.05, 3.63) is 35.4 Å². The van der Waals surface area contributed by atoms with Gasteiger partial charge >= 0.3 is 12.4 Å². The first-order valence-corrected chi connectivity index (χ1v) is 4.22. The van der Waals surface area contributed by atoms with E-state index < -0.39 is 34.8 Å². The van der Waals surface area contributed by atoms with Gasteiger partial charge in [-0.25, -0.2) is 0 Å². The molecule has 17 heavy (non-hydrogen) atoms. The van der Waals surface area contributed by atoms with Crippen LogP contribution < -0.4 is 0 Å². The molecule has 0 aliphatic rings. The number of benzene rings is 1. The van der Waals surface area contributed by atoms with Crippen LogP contribution >= 0.6 is 0 Å². The van der Waals surface area contributed by atoms with Crippen molar-refractivity contribution in [3.8, 4) is 5.75 Å². The topological polar surface area (TPSA) is 20.2 Å². The van der Waals surface area contributed by atoms with Gasteiger partial charge in [-0.3, -0.25) is 0 Å². The Labute approximate surface area is 92.0 Å². The van der Waals surface area contributed by atoms with Gasteiger partial charge < -0.3 is 5.11 Å². The second-order valence-corrected chi connectivity index (χ2v) is 3.12. The highest BCUT2D eigenvalue weighted by molar-refractivity contribution is 5.59. The maximum Gasteiger partial charge on any atom is 0.420 e. The summed E-state index contributed by atoms with van der Waals surface area (Å²) < 4.78 is 75.0. The molecular formula is C10H6F6O. The molecule has 0 atom stereocenters. The normalized spacial score (nSPS) is 12.6. The van der Waals surface area contributed by atoms with Gasteiger partial charge in [0.1, 0.15) is 11.3 Å². The molecule has 0 amide bonds. The zero-order valence-electron chi connectivity index (χ0n) is 8.15. The van der Waals surface area contributed by atoms with Crippen molar-refractivity contribution in [2.75, 3.05) is 0 Å². The summed E-state index contributed by atoms with van der Waals surface area (Å²) in [6.45, 7) is 3.01. The van der Waals surface area contributed by atoms with E-state index in [2.05, 4.69) is 6.58 Å². The fourth-order valence-electron chi connectivity index (χ4n) is 1.37. The number of phenolic OH excluding ortho intramolecular Hbond substituents is 1. The minimum absolute atomic E-state index is 0.551. The number of hydrogen-bond acceptors (Lipinski definition) is 1. The fourth-order valence-corrected chi connectivity index (χ4v) is 1.37. The van der Waals surface area contributed by atoms with Crippen LogP contribution in [0.3, 0.4) is 0 Å². The summed E-state index contributed by atoms with van der Waals surface area (Å²) in [6, 6.07) is 1.27. The fraction of sp³-hybridized carbons (Fsp3) is 0.200. The molecule has 0 aromatic heterocycles. The molecule has 0 bridgehead atoms. The maximum atomic E-state index is 12.5. The summed E-state index contributed by atoms with van der Waals surface area (Å²) in [5, 5.41) is 8.96. The van der Waals surface area contributed by atoms with Crippen molar-refractivity contribution in [1.29, 1.82) is 0 Å². The first-order chi connectivity index (χ1) is 7.59. The molecule has 0 saturated carbocycles. The third-order valence-electron chi connectivity index (χ3n) is 2.00. The predicted octanol–water partition coefficient (Wildman–Crippen LogP) is 4.07. The first-order valence-electron chi connectivity index (χ1n) is 4.22. The molecular weight excluding hydrogens is 250 g/mol.